The topological polar surface area (TPSA) is 3.24 Å². The number of benzene rings is 15. The Kier molecular flexibility index (Phi) is 15.4. The fourth-order valence-corrected chi connectivity index (χ4v) is 15.2. The van der Waals surface area contributed by atoms with E-state index in [4.69, 9.17) is 0 Å². The van der Waals surface area contributed by atoms with Crippen LogP contribution in [0.25, 0.3) is 131 Å². The second-order valence-corrected chi connectivity index (χ2v) is 25.6. The summed E-state index contributed by atoms with van der Waals surface area (Å²) in [5.74, 6) is 0. The van der Waals surface area contributed by atoms with Gasteiger partial charge in [0.05, 0.1) is 16.7 Å². The molecule has 15 rings (SSSR count). The number of alkyl halides is 9. The van der Waals surface area contributed by atoms with Crippen molar-refractivity contribution >= 4 is 81.7 Å². The number of hydrogen-bond donors (Lipinski definition) is 0. The van der Waals surface area contributed by atoms with Gasteiger partial charge in [-0.15, -0.1) is 0 Å². The first kappa shape index (κ1) is 63.1. The maximum atomic E-state index is 14.4. The molecule has 15 aromatic rings. The lowest BCUT2D eigenvalue weighted by Crippen LogP contribution is -2.16. The van der Waals surface area contributed by atoms with Crippen molar-refractivity contribution in [3.8, 4) is 66.8 Å². The normalized spacial score (nSPS) is 12.3. The highest BCUT2D eigenvalue weighted by Gasteiger charge is 2.36. The summed E-state index contributed by atoms with van der Waals surface area (Å²) in [6, 6.07) is 78.3. The predicted octanol–water partition coefficient (Wildman–Crippen LogP) is 27.2. The van der Waals surface area contributed by atoms with Crippen molar-refractivity contribution in [2.45, 2.75) is 66.5 Å². The molecule has 0 aromatic heterocycles. The van der Waals surface area contributed by atoms with Gasteiger partial charge in [-0.25, -0.2) is 0 Å². The molecule has 0 fully saturated rings. The molecule has 0 N–H and O–H groups in total. The molecule has 0 heterocycles. The van der Waals surface area contributed by atoms with Gasteiger partial charge >= 0.3 is 18.5 Å². The van der Waals surface area contributed by atoms with Crippen LogP contribution >= 0.6 is 0 Å². The van der Waals surface area contributed by atoms with E-state index in [9.17, 15) is 39.5 Å². The van der Waals surface area contributed by atoms with E-state index < -0.39 is 35.2 Å². The highest BCUT2D eigenvalue weighted by atomic mass is 19.4. The van der Waals surface area contributed by atoms with Gasteiger partial charge in [-0.2, -0.15) is 39.5 Å². The minimum atomic E-state index is -4.53. The summed E-state index contributed by atoms with van der Waals surface area (Å²) in [6.07, 6.45) is -13.0. The number of aryl methyl sites for hydroxylation is 6. The van der Waals surface area contributed by atoms with Crippen LogP contribution in [0.3, 0.4) is 0 Å². The van der Waals surface area contributed by atoms with Crippen LogP contribution in [0.15, 0.2) is 255 Å². The van der Waals surface area contributed by atoms with Crippen molar-refractivity contribution in [2.24, 2.45) is 0 Å². The zero-order valence-corrected chi connectivity index (χ0v) is 54.3. The Hall–Kier alpha value is -11.0. The average molecular weight is 1300 g/mol. The van der Waals surface area contributed by atoms with Crippen molar-refractivity contribution in [1.82, 2.24) is 0 Å². The Morgan fingerprint density at radius 2 is 0.429 bits per heavy atom. The van der Waals surface area contributed by atoms with Gasteiger partial charge in [-0.3, -0.25) is 0 Å². The summed E-state index contributed by atoms with van der Waals surface area (Å²) in [7, 11) is 0. The van der Waals surface area contributed by atoms with E-state index in [0.29, 0.717) is 39.3 Å². The monoisotopic (exact) mass is 1300 g/mol. The van der Waals surface area contributed by atoms with Crippen LogP contribution in [-0.2, 0) is 24.9 Å². The SMILES string of the molecule is CCc1cc(-c2ccc(-c3ccc(C(F)(F)F)c4ccccc34)c3ccccc23)c(C)cc1N(c1cc(C)c(-c2ccc(-c3ccc(C(F)(F)F)c4ccccc34)c3ccccc23)cc1C)c1cc(C)c(-c2ccc(-c3ccc(C(F)(F)F)c4ccccc34)c3ccccc23)cc1C. The Labute approximate surface area is 561 Å². The summed E-state index contributed by atoms with van der Waals surface area (Å²) in [4.78, 5) is 2.37. The molecular weight excluding hydrogens is 1240 g/mol. The minimum absolute atomic E-state index is 0.139. The number of halogens is 9. The summed E-state index contributed by atoms with van der Waals surface area (Å²) >= 11 is 0. The van der Waals surface area contributed by atoms with Gasteiger partial charge < -0.3 is 4.90 Å². The molecule has 0 aliphatic carbocycles. The minimum Gasteiger partial charge on any atom is -0.310 e. The summed E-state index contributed by atoms with van der Waals surface area (Å²) in [5, 5.41) is 7.51. The maximum absolute atomic E-state index is 14.4. The van der Waals surface area contributed by atoms with Crippen LogP contribution in [0.4, 0.5) is 56.6 Å². The number of nitrogens with zero attached hydrogens (tertiary/aromatic N) is 1. The standard InChI is InChI=1S/C88H62F9N/c1-7-55-49-79(73-37-34-67(58-22-10-13-25-61(58)73)70-40-43-82(88(95,96)97)76-31-19-16-28-64(70)76)52(4)48-85(55)98(83-46-50(2)77(44-53(83)5)71-35-32-65(56-20-8-11-23-59(56)71)68-38-41-80(86(89,90)91)74-29-17-14-26-62(68)74)84-47-51(3)78(45-54(84)6)72-36-33-66(57-21-9-12-24-60(57)72)69-39-42-81(87(92,93)94)75-30-18-15-27-63(69)75/h8-49H,7H2,1-6H3. The Morgan fingerprint density at radius 1 is 0.224 bits per heavy atom. The molecule has 0 atom stereocenters. The average Bonchev–Trinajstić information content (AvgIpc) is 0.754. The second kappa shape index (κ2) is 24.0. The molecule has 98 heavy (non-hydrogen) atoms. The van der Waals surface area contributed by atoms with Crippen LogP contribution in [0.2, 0.25) is 0 Å². The molecule has 1 nitrogen and oxygen atoms in total. The molecule has 482 valence electrons. The molecule has 0 amide bonds. The highest BCUT2D eigenvalue weighted by Crippen LogP contribution is 2.51. The quantitative estimate of drug-likeness (QED) is 0.123. The molecule has 0 bridgehead atoms. The van der Waals surface area contributed by atoms with Crippen LogP contribution < -0.4 is 4.90 Å². The third kappa shape index (κ3) is 10.7. The molecule has 0 aliphatic heterocycles. The van der Waals surface area contributed by atoms with Gasteiger partial charge in [0.1, 0.15) is 0 Å². The first-order chi connectivity index (χ1) is 47.1. The maximum Gasteiger partial charge on any atom is 0.417 e. The van der Waals surface area contributed by atoms with Crippen molar-refractivity contribution < 1.29 is 39.5 Å². The molecule has 0 unspecified atom stereocenters. The summed E-state index contributed by atoms with van der Waals surface area (Å²) < 4.78 is 130. The Balaban J connectivity index is 0.893. The lowest BCUT2D eigenvalue weighted by atomic mass is 9.86. The van der Waals surface area contributed by atoms with Crippen LogP contribution in [0, 0.1) is 34.6 Å². The van der Waals surface area contributed by atoms with Gasteiger partial charge in [0, 0.05) is 17.1 Å². The third-order valence-electron chi connectivity index (χ3n) is 19.8. The number of rotatable bonds is 10. The summed E-state index contributed by atoms with van der Waals surface area (Å²) in [6.45, 7) is 12.8. The van der Waals surface area contributed by atoms with Crippen molar-refractivity contribution in [3.05, 3.63) is 305 Å². The molecule has 10 heteroatoms. The van der Waals surface area contributed by atoms with E-state index in [0.717, 1.165) is 133 Å². The van der Waals surface area contributed by atoms with Gasteiger partial charge in [0.15, 0.2) is 0 Å². The molecule has 0 aliphatic rings. The number of hydrogen-bond acceptors (Lipinski definition) is 1. The van der Waals surface area contributed by atoms with Crippen LogP contribution in [-0.4, -0.2) is 0 Å². The number of fused-ring (bicyclic) bond motifs is 6. The molecule has 15 aromatic carbocycles. The molecule has 0 saturated carbocycles. The molecule has 0 spiro atoms. The van der Waals surface area contributed by atoms with Gasteiger partial charge in [-0.05, 0) is 260 Å². The van der Waals surface area contributed by atoms with E-state index >= 15 is 0 Å². The van der Waals surface area contributed by atoms with Crippen molar-refractivity contribution in [3.63, 3.8) is 0 Å². The lowest BCUT2D eigenvalue weighted by molar-refractivity contribution is -0.137. The van der Waals surface area contributed by atoms with E-state index in [2.05, 4.69) is 119 Å². The summed E-state index contributed by atoms with van der Waals surface area (Å²) in [5.41, 5.74) is 17.3. The molecule has 0 saturated heterocycles. The Bertz CT molecular complexity index is 5540. The van der Waals surface area contributed by atoms with Crippen LogP contribution in [0.1, 0.15) is 57.0 Å². The fourth-order valence-electron chi connectivity index (χ4n) is 15.2. The number of anilines is 3. The molecule has 0 radical (unpaired) electrons. The second-order valence-electron chi connectivity index (χ2n) is 25.6. The van der Waals surface area contributed by atoms with Gasteiger partial charge in [-0.1, -0.05) is 207 Å². The third-order valence-corrected chi connectivity index (χ3v) is 19.8. The fraction of sp³-hybridized carbons (Fsp3) is 0.114. The smallest absolute Gasteiger partial charge is 0.310 e. The van der Waals surface area contributed by atoms with E-state index in [1.165, 1.54) is 36.4 Å². The molecular formula is C88H62F9N. The van der Waals surface area contributed by atoms with E-state index in [1.807, 2.05) is 72.8 Å². The van der Waals surface area contributed by atoms with Crippen molar-refractivity contribution in [2.75, 3.05) is 4.90 Å². The van der Waals surface area contributed by atoms with E-state index in [1.54, 1.807) is 72.8 Å². The first-order valence-corrected chi connectivity index (χ1v) is 32.6. The van der Waals surface area contributed by atoms with Crippen LogP contribution in [0.5, 0.6) is 0 Å². The Morgan fingerprint density at radius 3 is 0.673 bits per heavy atom. The van der Waals surface area contributed by atoms with Gasteiger partial charge in [0.25, 0.3) is 0 Å². The zero-order chi connectivity index (χ0) is 68.3. The largest absolute Gasteiger partial charge is 0.417 e. The predicted molar refractivity (Wildman–Crippen MR) is 387 cm³/mol. The van der Waals surface area contributed by atoms with Crippen molar-refractivity contribution in [1.29, 1.82) is 0 Å². The lowest BCUT2D eigenvalue weighted by Gasteiger charge is -2.33. The first-order valence-electron chi connectivity index (χ1n) is 32.6. The van der Waals surface area contributed by atoms with Gasteiger partial charge in [0.2, 0.25) is 0 Å². The zero-order valence-electron chi connectivity index (χ0n) is 54.3. The highest BCUT2D eigenvalue weighted by molar-refractivity contribution is 6.14. The van der Waals surface area contributed by atoms with E-state index in [-0.39, 0.29) is 16.2 Å².